The van der Waals surface area contributed by atoms with E-state index in [9.17, 15) is 9.59 Å². The second kappa shape index (κ2) is 8.90. The number of hydrogen-bond donors (Lipinski definition) is 2. The van der Waals surface area contributed by atoms with Gasteiger partial charge in [-0.05, 0) is 43.6 Å². The summed E-state index contributed by atoms with van der Waals surface area (Å²) in [7, 11) is 0. The summed E-state index contributed by atoms with van der Waals surface area (Å²) in [5.41, 5.74) is 0. The van der Waals surface area contributed by atoms with Crippen LogP contribution in [-0.4, -0.2) is 47.6 Å². The molecule has 0 aliphatic carbocycles. The van der Waals surface area contributed by atoms with Crippen LogP contribution in [0.25, 0.3) is 0 Å². The first-order chi connectivity index (χ1) is 10.7. The molecule has 0 radical (unpaired) electrons. The molecule has 6 heteroatoms. The SMILES string of the molecule is O=C(NCCCC(=O)N1CCCCC1CCO)c1cccs1. The molecule has 1 atom stereocenters. The van der Waals surface area contributed by atoms with E-state index in [0.29, 0.717) is 30.7 Å². The Morgan fingerprint density at radius 3 is 3.00 bits per heavy atom. The van der Waals surface area contributed by atoms with E-state index >= 15 is 0 Å². The maximum absolute atomic E-state index is 12.3. The maximum Gasteiger partial charge on any atom is 0.261 e. The Bertz CT molecular complexity index is 474. The fourth-order valence-corrected chi connectivity index (χ4v) is 3.50. The van der Waals surface area contributed by atoms with Gasteiger partial charge in [0.15, 0.2) is 0 Å². The van der Waals surface area contributed by atoms with Crippen molar-refractivity contribution in [3.63, 3.8) is 0 Å². The van der Waals surface area contributed by atoms with Crippen LogP contribution in [-0.2, 0) is 4.79 Å². The highest BCUT2D eigenvalue weighted by Gasteiger charge is 2.25. The minimum atomic E-state index is -0.0708. The van der Waals surface area contributed by atoms with Crippen molar-refractivity contribution in [1.29, 1.82) is 0 Å². The van der Waals surface area contributed by atoms with Crippen molar-refractivity contribution in [2.45, 2.75) is 44.6 Å². The van der Waals surface area contributed by atoms with Gasteiger partial charge in [-0.2, -0.15) is 0 Å². The van der Waals surface area contributed by atoms with Gasteiger partial charge in [0.25, 0.3) is 5.91 Å². The standard InChI is InChI=1S/C16H24N2O3S/c19-11-8-13-5-1-2-10-18(13)15(20)7-3-9-17-16(21)14-6-4-12-22-14/h4,6,12-13,19H,1-3,5,7-11H2,(H,17,21). The molecule has 5 nitrogen and oxygen atoms in total. The highest BCUT2D eigenvalue weighted by molar-refractivity contribution is 7.12. The van der Waals surface area contributed by atoms with Gasteiger partial charge in [-0.15, -0.1) is 11.3 Å². The maximum atomic E-state index is 12.3. The third-order valence-electron chi connectivity index (χ3n) is 4.01. The molecular weight excluding hydrogens is 300 g/mol. The molecule has 0 aromatic carbocycles. The van der Waals surface area contributed by atoms with Gasteiger partial charge in [-0.3, -0.25) is 9.59 Å². The third-order valence-corrected chi connectivity index (χ3v) is 4.88. The monoisotopic (exact) mass is 324 g/mol. The quantitative estimate of drug-likeness (QED) is 0.754. The lowest BCUT2D eigenvalue weighted by Crippen LogP contribution is -2.44. The molecule has 1 aromatic heterocycles. The second-order valence-corrected chi connectivity index (χ2v) is 6.53. The van der Waals surface area contributed by atoms with Gasteiger partial charge in [0, 0.05) is 32.2 Å². The Labute approximate surface area is 135 Å². The van der Waals surface area contributed by atoms with Crippen molar-refractivity contribution in [2.24, 2.45) is 0 Å². The molecule has 1 saturated heterocycles. The number of hydrogen-bond acceptors (Lipinski definition) is 4. The molecule has 2 amide bonds. The van der Waals surface area contributed by atoms with E-state index in [1.165, 1.54) is 11.3 Å². The predicted molar refractivity (Wildman–Crippen MR) is 86.9 cm³/mol. The first-order valence-corrected chi connectivity index (χ1v) is 8.82. The van der Waals surface area contributed by atoms with E-state index in [1.54, 1.807) is 6.07 Å². The minimum Gasteiger partial charge on any atom is -0.396 e. The van der Waals surface area contributed by atoms with Crippen LogP contribution in [0, 0.1) is 0 Å². The average Bonchev–Trinajstić information content (AvgIpc) is 3.06. The number of piperidine rings is 1. The predicted octanol–water partition coefficient (Wildman–Crippen LogP) is 2.02. The molecule has 0 saturated carbocycles. The van der Waals surface area contributed by atoms with Crippen LogP contribution in [0.4, 0.5) is 0 Å². The van der Waals surface area contributed by atoms with Crippen LogP contribution >= 0.6 is 11.3 Å². The van der Waals surface area contributed by atoms with E-state index in [-0.39, 0.29) is 24.5 Å². The van der Waals surface area contributed by atoms with Gasteiger partial charge in [0.05, 0.1) is 4.88 Å². The van der Waals surface area contributed by atoms with Crippen LogP contribution in [0.3, 0.4) is 0 Å². The zero-order valence-electron chi connectivity index (χ0n) is 12.8. The number of amides is 2. The number of aliphatic hydroxyl groups excluding tert-OH is 1. The summed E-state index contributed by atoms with van der Waals surface area (Å²) in [4.78, 5) is 26.7. The lowest BCUT2D eigenvalue weighted by atomic mass is 9.99. The van der Waals surface area contributed by atoms with E-state index < -0.39 is 0 Å². The Balaban J connectivity index is 1.69. The Hall–Kier alpha value is -1.40. The molecule has 2 N–H and O–H groups in total. The van der Waals surface area contributed by atoms with Gasteiger partial charge < -0.3 is 15.3 Å². The second-order valence-electron chi connectivity index (χ2n) is 5.59. The number of likely N-dealkylation sites (tertiary alicyclic amines) is 1. The first-order valence-electron chi connectivity index (χ1n) is 7.94. The highest BCUT2D eigenvalue weighted by Crippen LogP contribution is 2.20. The van der Waals surface area contributed by atoms with Crippen molar-refractivity contribution in [2.75, 3.05) is 19.7 Å². The first kappa shape index (κ1) is 17.0. The summed E-state index contributed by atoms with van der Waals surface area (Å²) in [5.74, 6) is 0.0714. The zero-order valence-corrected chi connectivity index (χ0v) is 13.6. The van der Waals surface area contributed by atoms with Crippen LogP contribution in [0.5, 0.6) is 0 Å². The number of carbonyl (C=O) groups is 2. The van der Waals surface area contributed by atoms with E-state index in [0.717, 1.165) is 25.8 Å². The molecule has 0 bridgehead atoms. The average molecular weight is 324 g/mol. The number of nitrogens with one attached hydrogen (secondary N) is 1. The molecule has 2 heterocycles. The Morgan fingerprint density at radius 1 is 1.41 bits per heavy atom. The van der Waals surface area contributed by atoms with Crippen molar-refractivity contribution in [1.82, 2.24) is 10.2 Å². The molecule has 2 rings (SSSR count). The summed E-state index contributed by atoms with van der Waals surface area (Å²) < 4.78 is 0. The number of rotatable bonds is 7. The summed E-state index contributed by atoms with van der Waals surface area (Å²) in [5, 5.41) is 13.8. The molecular formula is C16H24N2O3S. The lowest BCUT2D eigenvalue weighted by Gasteiger charge is -2.35. The molecule has 122 valence electrons. The van der Waals surface area contributed by atoms with E-state index in [4.69, 9.17) is 5.11 Å². The minimum absolute atomic E-state index is 0.0708. The molecule has 0 spiro atoms. The van der Waals surface area contributed by atoms with Crippen LogP contribution in [0.1, 0.15) is 48.2 Å². The third kappa shape index (κ3) is 4.81. The normalized spacial score (nSPS) is 18.2. The molecule has 22 heavy (non-hydrogen) atoms. The van der Waals surface area contributed by atoms with Gasteiger partial charge in [-0.25, -0.2) is 0 Å². The topological polar surface area (TPSA) is 69.6 Å². The number of nitrogens with zero attached hydrogens (tertiary/aromatic N) is 1. The largest absolute Gasteiger partial charge is 0.396 e. The highest BCUT2D eigenvalue weighted by atomic mass is 32.1. The fraction of sp³-hybridized carbons (Fsp3) is 0.625. The van der Waals surface area contributed by atoms with Crippen molar-refractivity contribution < 1.29 is 14.7 Å². The van der Waals surface area contributed by atoms with Crippen LogP contribution in [0.2, 0.25) is 0 Å². The number of aliphatic hydroxyl groups is 1. The van der Waals surface area contributed by atoms with Crippen LogP contribution in [0.15, 0.2) is 17.5 Å². The lowest BCUT2D eigenvalue weighted by molar-refractivity contribution is -0.135. The summed E-state index contributed by atoms with van der Waals surface area (Å²) in [6, 6.07) is 3.83. The van der Waals surface area contributed by atoms with Gasteiger partial charge in [0.1, 0.15) is 0 Å². The molecule has 1 unspecified atom stereocenters. The van der Waals surface area contributed by atoms with Crippen molar-refractivity contribution in [3.8, 4) is 0 Å². The zero-order chi connectivity index (χ0) is 15.8. The Morgan fingerprint density at radius 2 is 2.27 bits per heavy atom. The molecule has 1 fully saturated rings. The van der Waals surface area contributed by atoms with Crippen molar-refractivity contribution in [3.05, 3.63) is 22.4 Å². The van der Waals surface area contributed by atoms with E-state index in [2.05, 4.69) is 5.32 Å². The van der Waals surface area contributed by atoms with Gasteiger partial charge in [-0.1, -0.05) is 6.07 Å². The summed E-state index contributed by atoms with van der Waals surface area (Å²) in [6.45, 7) is 1.44. The number of carbonyl (C=O) groups excluding carboxylic acids is 2. The fourth-order valence-electron chi connectivity index (χ4n) is 2.86. The van der Waals surface area contributed by atoms with Gasteiger partial charge in [0.2, 0.25) is 5.91 Å². The summed E-state index contributed by atoms with van der Waals surface area (Å²) >= 11 is 1.41. The van der Waals surface area contributed by atoms with Gasteiger partial charge >= 0.3 is 0 Å². The smallest absolute Gasteiger partial charge is 0.261 e. The number of thiophene rings is 1. The van der Waals surface area contributed by atoms with E-state index in [1.807, 2.05) is 16.3 Å². The van der Waals surface area contributed by atoms with Crippen LogP contribution < -0.4 is 5.32 Å². The Kier molecular flexibility index (Phi) is 6.86. The molecule has 1 aromatic rings. The molecule has 1 aliphatic heterocycles. The van der Waals surface area contributed by atoms with Crippen molar-refractivity contribution >= 4 is 23.2 Å². The summed E-state index contributed by atoms with van der Waals surface area (Å²) in [6.07, 6.45) is 4.93. The molecule has 1 aliphatic rings.